The third-order valence-electron chi connectivity index (χ3n) is 5.86. The number of rotatable bonds is 9. The summed E-state index contributed by atoms with van der Waals surface area (Å²) in [6, 6.07) is 17.0. The maximum Gasteiger partial charge on any atom is 0.310 e. The summed E-state index contributed by atoms with van der Waals surface area (Å²) >= 11 is 12.7. The van der Waals surface area contributed by atoms with Crippen LogP contribution in [0.1, 0.15) is 22.8 Å². The average molecular weight is 526 g/mol. The van der Waals surface area contributed by atoms with Crippen LogP contribution in [-0.4, -0.2) is 32.3 Å². The zero-order valence-corrected chi connectivity index (χ0v) is 21.6. The Morgan fingerprint density at radius 1 is 0.833 bits per heavy atom. The van der Waals surface area contributed by atoms with Crippen LogP contribution < -0.4 is 14.2 Å². The standard InChI is InChI=1S/C28H25Cl2NO5/c1-33-21-8-6-18-10-17(4-5-19(18)12-21)11-28(32)36-26(14-22-23(29)15-31-16-24(22)30)20-7-9-25(34-2)27(13-20)35-3/h4-10,12-13,15-16,26H,11,14H2,1-3H3. The number of carbonyl (C=O) groups is 1. The molecule has 36 heavy (non-hydrogen) atoms. The lowest BCUT2D eigenvalue weighted by molar-refractivity contribution is -0.148. The fourth-order valence-electron chi connectivity index (χ4n) is 3.98. The molecule has 4 rings (SSSR count). The van der Waals surface area contributed by atoms with Crippen molar-refractivity contribution in [3.63, 3.8) is 0 Å². The number of hydrogen-bond acceptors (Lipinski definition) is 6. The van der Waals surface area contributed by atoms with E-state index in [1.54, 1.807) is 33.5 Å². The molecule has 0 saturated carbocycles. The van der Waals surface area contributed by atoms with Crippen molar-refractivity contribution in [3.8, 4) is 17.2 Å². The molecule has 3 aromatic carbocycles. The van der Waals surface area contributed by atoms with Crippen LogP contribution in [0.5, 0.6) is 17.2 Å². The summed E-state index contributed by atoms with van der Waals surface area (Å²) in [6.07, 6.45) is 2.72. The van der Waals surface area contributed by atoms with Crippen molar-refractivity contribution in [2.75, 3.05) is 21.3 Å². The monoisotopic (exact) mass is 525 g/mol. The minimum atomic E-state index is -0.667. The minimum Gasteiger partial charge on any atom is -0.497 e. The predicted octanol–water partition coefficient (Wildman–Crippen LogP) is 6.64. The fraction of sp³-hybridized carbons (Fsp3) is 0.214. The Balaban J connectivity index is 1.60. The summed E-state index contributed by atoms with van der Waals surface area (Å²) in [5.41, 5.74) is 2.19. The van der Waals surface area contributed by atoms with Gasteiger partial charge in [0.2, 0.25) is 0 Å². The number of esters is 1. The van der Waals surface area contributed by atoms with Crippen LogP contribution in [0.4, 0.5) is 0 Å². The van der Waals surface area contributed by atoms with Crippen molar-refractivity contribution in [2.24, 2.45) is 0 Å². The van der Waals surface area contributed by atoms with E-state index in [4.69, 9.17) is 42.1 Å². The summed E-state index contributed by atoms with van der Waals surface area (Å²) < 4.78 is 22.1. The van der Waals surface area contributed by atoms with Crippen LogP contribution >= 0.6 is 23.2 Å². The van der Waals surface area contributed by atoms with E-state index in [2.05, 4.69) is 4.98 Å². The first-order valence-corrected chi connectivity index (χ1v) is 11.9. The van der Waals surface area contributed by atoms with E-state index in [-0.39, 0.29) is 18.8 Å². The zero-order valence-electron chi connectivity index (χ0n) is 20.1. The highest BCUT2D eigenvalue weighted by Gasteiger charge is 2.22. The molecular formula is C28H25Cl2NO5. The highest BCUT2D eigenvalue weighted by atomic mass is 35.5. The van der Waals surface area contributed by atoms with Gasteiger partial charge in [0.15, 0.2) is 11.5 Å². The Morgan fingerprint density at radius 2 is 1.53 bits per heavy atom. The summed E-state index contributed by atoms with van der Waals surface area (Å²) in [6.45, 7) is 0. The van der Waals surface area contributed by atoms with Gasteiger partial charge < -0.3 is 18.9 Å². The molecule has 6 nitrogen and oxygen atoms in total. The van der Waals surface area contributed by atoms with E-state index in [0.717, 1.165) is 27.6 Å². The van der Waals surface area contributed by atoms with E-state index in [9.17, 15) is 4.79 Å². The molecule has 0 spiro atoms. The molecule has 0 aliphatic heterocycles. The molecule has 1 unspecified atom stereocenters. The van der Waals surface area contributed by atoms with Gasteiger partial charge in [-0.05, 0) is 51.7 Å². The predicted molar refractivity (Wildman–Crippen MR) is 141 cm³/mol. The van der Waals surface area contributed by atoms with E-state index in [0.29, 0.717) is 27.1 Å². The van der Waals surface area contributed by atoms with Crippen molar-refractivity contribution in [1.82, 2.24) is 4.98 Å². The molecule has 0 aliphatic rings. The Bertz CT molecular complexity index is 1370. The van der Waals surface area contributed by atoms with Gasteiger partial charge in [-0.3, -0.25) is 9.78 Å². The number of carbonyl (C=O) groups excluding carboxylic acids is 1. The lowest BCUT2D eigenvalue weighted by Crippen LogP contribution is -2.16. The number of hydrogen-bond donors (Lipinski definition) is 0. The van der Waals surface area contributed by atoms with Crippen molar-refractivity contribution >= 4 is 39.9 Å². The third kappa shape index (κ3) is 5.83. The molecule has 0 bridgehead atoms. The smallest absolute Gasteiger partial charge is 0.310 e. The molecule has 0 aliphatic carbocycles. The lowest BCUT2D eigenvalue weighted by Gasteiger charge is -2.21. The van der Waals surface area contributed by atoms with Crippen molar-refractivity contribution in [3.05, 3.63) is 93.7 Å². The number of halogens is 2. The number of fused-ring (bicyclic) bond motifs is 1. The summed E-state index contributed by atoms with van der Waals surface area (Å²) in [7, 11) is 4.74. The van der Waals surface area contributed by atoms with E-state index < -0.39 is 6.10 Å². The number of ether oxygens (including phenoxy) is 4. The van der Waals surface area contributed by atoms with Crippen molar-refractivity contribution < 1.29 is 23.7 Å². The van der Waals surface area contributed by atoms with E-state index in [1.165, 1.54) is 12.4 Å². The SMILES string of the molecule is COc1ccc2cc(CC(=O)OC(Cc3c(Cl)cncc3Cl)c3ccc(OC)c(OC)c3)ccc2c1. The number of nitrogens with zero attached hydrogens (tertiary/aromatic N) is 1. The molecule has 1 atom stereocenters. The van der Waals surface area contributed by atoms with Gasteiger partial charge in [-0.15, -0.1) is 0 Å². The molecule has 8 heteroatoms. The number of benzene rings is 3. The second-order valence-electron chi connectivity index (χ2n) is 8.10. The quantitative estimate of drug-likeness (QED) is 0.228. The van der Waals surface area contributed by atoms with Gasteiger partial charge in [0.25, 0.3) is 0 Å². The normalized spacial score (nSPS) is 11.7. The van der Waals surface area contributed by atoms with Gasteiger partial charge in [0, 0.05) is 18.8 Å². The van der Waals surface area contributed by atoms with Crippen LogP contribution in [0.25, 0.3) is 10.8 Å². The molecule has 186 valence electrons. The molecule has 4 aromatic rings. The van der Waals surface area contributed by atoms with Gasteiger partial charge in [0.1, 0.15) is 11.9 Å². The average Bonchev–Trinajstić information content (AvgIpc) is 2.89. The fourth-order valence-corrected chi connectivity index (χ4v) is 4.50. The van der Waals surface area contributed by atoms with Crippen LogP contribution in [0.15, 0.2) is 67.0 Å². The molecule has 0 radical (unpaired) electrons. The Labute approximate surface area is 219 Å². The van der Waals surface area contributed by atoms with Crippen LogP contribution in [0.2, 0.25) is 10.0 Å². The molecule has 1 aromatic heterocycles. The first-order chi connectivity index (χ1) is 17.4. The number of aromatic nitrogens is 1. The Hall–Kier alpha value is -3.48. The maximum atomic E-state index is 13.1. The highest BCUT2D eigenvalue weighted by Crippen LogP contribution is 2.35. The van der Waals surface area contributed by atoms with Gasteiger partial charge in [-0.2, -0.15) is 0 Å². The van der Waals surface area contributed by atoms with Crippen LogP contribution in [0.3, 0.4) is 0 Å². The summed E-state index contributed by atoms with van der Waals surface area (Å²) in [4.78, 5) is 17.1. The first-order valence-electron chi connectivity index (χ1n) is 11.2. The second kappa shape index (κ2) is 11.5. The maximum absolute atomic E-state index is 13.1. The largest absolute Gasteiger partial charge is 0.497 e. The lowest BCUT2D eigenvalue weighted by atomic mass is 10.0. The Kier molecular flexibility index (Phi) is 8.18. The zero-order chi connectivity index (χ0) is 25.7. The highest BCUT2D eigenvalue weighted by molar-refractivity contribution is 6.35. The number of methoxy groups -OCH3 is 3. The van der Waals surface area contributed by atoms with Gasteiger partial charge in [-0.25, -0.2) is 0 Å². The van der Waals surface area contributed by atoms with Crippen LogP contribution in [0, 0.1) is 0 Å². The summed E-state index contributed by atoms with van der Waals surface area (Å²) in [5.74, 6) is 1.48. The molecular weight excluding hydrogens is 501 g/mol. The first kappa shape index (κ1) is 25.6. The van der Waals surface area contributed by atoms with Crippen molar-refractivity contribution in [1.29, 1.82) is 0 Å². The third-order valence-corrected chi connectivity index (χ3v) is 6.51. The van der Waals surface area contributed by atoms with Gasteiger partial charge in [0.05, 0.1) is 37.8 Å². The van der Waals surface area contributed by atoms with Crippen LogP contribution in [-0.2, 0) is 22.4 Å². The van der Waals surface area contributed by atoms with E-state index in [1.807, 2.05) is 42.5 Å². The van der Waals surface area contributed by atoms with Gasteiger partial charge >= 0.3 is 5.97 Å². The van der Waals surface area contributed by atoms with E-state index >= 15 is 0 Å². The Morgan fingerprint density at radius 3 is 2.22 bits per heavy atom. The minimum absolute atomic E-state index is 0.101. The number of pyridine rings is 1. The van der Waals surface area contributed by atoms with Gasteiger partial charge in [-0.1, -0.05) is 53.5 Å². The molecule has 0 fully saturated rings. The molecule has 0 N–H and O–H groups in total. The molecule has 0 amide bonds. The van der Waals surface area contributed by atoms with Crippen molar-refractivity contribution in [2.45, 2.75) is 18.9 Å². The molecule has 0 saturated heterocycles. The second-order valence-corrected chi connectivity index (χ2v) is 8.92. The molecule has 1 heterocycles. The topological polar surface area (TPSA) is 66.9 Å². The summed E-state index contributed by atoms with van der Waals surface area (Å²) in [5, 5.41) is 2.83.